The van der Waals surface area contributed by atoms with Gasteiger partial charge in [-0.15, -0.1) is 0 Å². The third kappa shape index (κ3) is 2.54. The van der Waals surface area contributed by atoms with Crippen molar-refractivity contribution in [1.82, 2.24) is 9.88 Å². The molecule has 1 aromatic heterocycles. The average Bonchev–Trinajstić information content (AvgIpc) is 3.11. The minimum absolute atomic E-state index is 0.0482. The minimum atomic E-state index is -0.352. The minimum Gasteiger partial charge on any atom is -0.486 e. The standard InChI is InChI=1S/C18H18N2O4/c21-17-13(3-1-7-19-17)18(22)20-8-2-4-14(20)12-5-6-15-16(11-12)24-10-9-23-15/h1,3,5-7,11,14H,2,4,8-10H2,(H,19,21). The number of aromatic nitrogens is 1. The fraction of sp³-hybridized carbons (Fsp3) is 0.333. The predicted octanol–water partition coefficient (Wildman–Crippen LogP) is 2.12. The number of nitrogens with one attached hydrogen (secondary N) is 1. The molecule has 1 aromatic carbocycles. The summed E-state index contributed by atoms with van der Waals surface area (Å²) in [5, 5.41) is 0. The Morgan fingerprint density at radius 3 is 2.83 bits per heavy atom. The molecule has 124 valence electrons. The van der Waals surface area contributed by atoms with Crippen molar-refractivity contribution in [3.05, 3.63) is 58.0 Å². The summed E-state index contributed by atoms with van der Waals surface area (Å²) in [6.07, 6.45) is 3.31. The zero-order chi connectivity index (χ0) is 16.5. The zero-order valence-electron chi connectivity index (χ0n) is 13.2. The van der Waals surface area contributed by atoms with Gasteiger partial charge in [0.1, 0.15) is 18.8 Å². The third-order valence-electron chi connectivity index (χ3n) is 4.51. The molecule has 4 rings (SSSR count). The summed E-state index contributed by atoms with van der Waals surface area (Å²) in [5.41, 5.74) is 0.842. The number of fused-ring (bicyclic) bond motifs is 1. The van der Waals surface area contributed by atoms with Gasteiger partial charge in [0.15, 0.2) is 11.5 Å². The van der Waals surface area contributed by atoms with Crippen LogP contribution in [0.15, 0.2) is 41.3 Å². The maximum Gasteiger partial charge on any atom is 0.260 e. The Morgan fingerprint density at radius 2 is 2.00 bits per heavy atom. The Morgan fingerprint density at radius 1 is 1.17 bits per heavy atom. The Labute approximate surface area is 139 Å². The van der Waals surface area contributed by atoms with E-state index in [9.17, 15) is 9.59 Å². The van der Waals surface area contributed by atoms with E-state index in [0.717, 1.165) is 29.9 Å². The van der Waals surface area contributed by atoms with Crippen molar-refractivity contribution in [3.63, 3.8) is 0 Å². The number of nitrogens with zero attached hydrogens (tertiary/aromatic N) is 1. The van der Waals surface area contributed by atoms with E-state index in [2.05, 4.69) is 4.98 Å². The maximum absolute atomic E-state index is 12.8. The van der Waals surface area contributed by atoms with Crippen LogP contribution in [0.4, 0.5) is 0 Å². The molecule has 0 spiro atoms. The summed E-state index contributed by atoms with van der Waals surface area (Å²) in [6, 6.07) is 9.00. The Kier molecular flexibility index (Phi) is 3.72. The van der Waals surface area contributed by atoms with Gasteiger partial charge < -0.3 is 19.4 Å². The van der Waals surface area contributed by atoms with Crippen LogP contribution in [0, 0.1) is 0 Å². The first-order chi connectivity index (χ1) is 11.7. The van der Waals surface area contributed by atoms with Gasteiger partial charge in [-0.05, 0) is 42.7 Å². The van der Waals surface area contributed by atoms with Crippen LogP contribution in [0.1, 0.15) is 34.8 Å². The van der Waals surface area contributed by atoms with Crippen LogP contribution in [0.3, 0.4) is 0 Å². The number of carbonyl (C=O) groups is 1. The molecule has 2 aromatic rings. The van der Waals surface area contributed by atoms with Crippen LogP contribution in [0.2, 0.25) is 0 Å². The topological polar surface area (TPSA) is 71.6 Å². The summed E-state index contributed by atoms with van der Waals surface area (Å²) >= 11 is 0. The zero-order valence-corrected chi connectivity index (χ0v) is 13.2. The molecule has 2 aliphatic heterocycles. The van der Waals surface area contributed by atoms with Crippen LogP contribution in [-0.4, -0.2) is 35.5 Å². The summed E-state index contributed by atoms with van der Waals surface area (Å²) in [5.74, 6) is 1.23. The van der Waals surface area contributed by atoms with Gasteiger partial charge in [0.2, 0.25) is 0 Å². The van der Waals surface area contributed by atoms with Gasteiger partial charge in [-0.25, -0.2) is 0 Å². The molecule has 1 N–H and O–H groups in total. The molecular formula is C18H18N2O4. The molecule has 1 atom stereocenters. The van der Waals surface area contributed by atoms with E-state index in [1.165, 1.54) is 6.20 Å². The number of carbonyl (C=O) groups excluding carboxylic acids is 1. The lowest BCUT2D eigenvalue weighted by atomic mass is 10.0. The van der Waals surface area contributed by atoms with E-state index in [1.54, 1.807) is 17.0 Å². The first kappa shape index (κ1) is 14.8. The number of hydrogen-bond donors (Lipinski definition) is 1. The van der Waals surface area contributed by atoms with Crippen molar-refractivity contribution in [1.29, 1.82) is 0 Å². The van der Waals surface area contributed by atoms with Crippen LogP contribution in [0.25, 0.3) is 0 Å². The normalized spacial score (nSPS) is 19.3. The molecule has 1 fully saturated rings. The van der Waals surface area contributed by atoms with Crippen molar-refractivity contribution >= 4 is 5.91 Å². The van der Waals surface area contributed by atoms with Gasteiger partial charge in [0.05, 0.1) is 6.04 Å². The van der Waals surface area contributed by atoms with E-state index in [4.69, 9.17) is 9.47 Å². The number of likely N-dealkylation sites (tertiary alicyclic amines) is 1. The second-order valence-corrected chi connectivity index (χ2v) is 5.97. The number of amides is 1. The molecule has 3 heterocycles. The summed E-state index contributed by atoms with van der Waals surface area (Å²) in [6.45, 7) is 1.73. The fourth-order valence-electron chi connectivity index (χ4n) is 3.37. The summed E-state index contributed by atoms with van der Waals surface area (Å²) in [7, 11) is 0. The number of pyridine rings is 1. The van der Waals surface area contributed by atoms with Crippen molar-refractivity contribution in [2.45, 2.75) is 18.9 Å². The van der Waals surface area contributed by atoms with Gasteiger partial charge >= 0.3 is 0 Å². The smallest absolute Gasteiger partial charge is 0.260 e. The van der Waals surface area contributed by atoms with Gasteiger partial charge in [-0.3, -0.25) is 9.59 Å². The largest absolute Gasteiger partial charge is 0.486 e. The van der Waals surface area contributed by atoms with Crippen molar-refractivity contribution in [2.75, 3.05) is 19.8 Å². The molecule has 6 nitrogen and oxygen atoms in total. The lowest BCUT2D eigenvalue weighted by Crippen LogP contribution is -2.34. The third-order valence-corrected chi connectivity index (χ3v) is 4.51. The highest BCUT2D eigenvalue weighted by atomic mass is 16.6. The van der Waals surface area contributed by atoms with E-state index < -0.39 is 0 Å². The number of H-pyrrole nitrogens is 1. The molecule has 0 saturated carbocycles. The highest BCUT2D eigenvalue weighted by Gasteiger charge is 2.32. The number of aromatic amines is 1. The van der Waals surface area contributed by atoms with E-state index in [1.807, 2.05) is 18.2 Å². The van der Waals surface area contributed by atoms with Crippen molar-refractivity contribution in [2.24, 2.45) is 0 Å². The summed E-state index contributed by atoms with van der Waals surface area (Å²) in [4.78, 5) is 29.0. The molecule has 1 saturated heterocycles. The second kappa shape index (κ2) is 6.03. The average molecular weight is 326 g/mol. The Bertz CT molecular complexity index is 830. The van der Waals surface area contributed by atoms with Crippen molar-refractivity contribution < 1.29 is 14.3 Å². The molecule has 0 radical (unpaired) electrons. The van der Waals surface area contributed by atoms with E-state index in [0.29, 0.717) is 19.8 Å². The fourth-order valence-corrected chi connectivity index (χ4v) is 3.37. The highest BCUT2D eigenvalue weighted by Crippen LogP contribution is 2.38. The SMILES string of the molecule is O=C(c1ccc[nH]c1=O)N1CCCC1c1ccc2c(c1)OCCO2. The highest BCUT2D eigenvalue weighted by molar-refractivity contribution is 5.94. The molecule has 0 bridgehead atoms. The quantitative estimate of drug-likeness (QED) is 0.917. The molecule has 6 heteroatoms. The van der Waals surface area contributed by atoms with Crippen molar-refractivity contribution in [3.8, 4) is 11.5 Å². The lowest BCUT2D eigenvalue weighted by Gasteiger charge is -2.26. The van der Waals surface area contributed by atoms with Gasteiger partial charge in [0.25, 0.3) is 11.5 Å². The first-order valence-electron chi connectivity index (χ1n) is 8.12. The lowest BCUT2D eigenvalue weighted by molar-refractivity contribution is 0.0733. The molecule has 2 aliphatic rings. The van der Waals surface area contributed by atoms with Gasteiger partial charge in [-0.1, -0.05) is 6.07 Å². The second-order valence-electron chi connectivity index (χ2n) is 5.97. The van der Waals surface area contributed by atoms with E-state index >= 15 is 0 Å². The summed E-state index contributed by atoms with van der Waals surface area (Å²) < 4.78 is 11.2. The maximum atomic E-state index is 12.8. The molecule has 1 unspecified atom stereocenters. The predicted molar refractivity (Wildman–Crippen MR) is 87.5 cm³/mol. The van der Waals surface area contributed by atoms with Crippen LogP contribution in [-0.2, 0) is 0 Å². The molecule has 0 aliphatic carbocycles. The molecule has 24 heavy (non-hydrogen) atoms. The number of benzene rings is 1. The number of hydrogen-bond acceptors (Lipinski definition) is 4. The monoisotopic (exact) mass is 326 g/mol. The van der Waals surface area contributed by atoms with Gasteiger partial charge in [-0.2, -0.15) is 0 Å². The molecule has 1 amide bonds. The van der Waals surface area contributed by atoms with Gasteiger partial charge in [0, 0.05) is 12.7 Å². The van der Waals surface area contributed by atoms with Crippen LogP contribution in [0.5, 0.6) is 11.5 Å². The van der Waals surface area contributed by atoms with Crippen LogP contribution >= 0.6 is 0 Å². The Balaban J connectivity index is 1.64. The Hall–Kier alpha value is -2.76. The van der Waals surface area contributed by atoms with E-state index in [-0.39, 0.29) is 23.1 Å². The first-order valence-corrected chi connectivity index (χ1v) is 8.12. The number of rotatable bonds is 2. The van der Waals surface area contributed by atoms with Crippen LogP contribution < -0.4 is 15.0 Å². The number of ether oxygens (including phenoxy) is 2. The molecular weight excluding hydrogens is 308 g/mol.